The van der Waals surface area contributed by atoms with Gasteiger partial charge in [-0.25, -0.2) is 0 Å². The third kappa shape index (κ3) is 5.59. The highest BCUT2D eigenvalue weighted by Crippen LogP contribution is 2.23. The second-order valence-electron chi connectivity index (χ2n) is 3.11. The summed E-state index contributed by atoms with van der Waals surface area (Å²) in [7, 11) is 0. The third-order valence-electron chi connectivity index (χ3n) is 1.94. The summed E-state index contributed by atoms with van der Waals surface area (Å²) in [6.45, 7) is 2.74. The van der Waals surface area contributed by atoms with Gasteiger partial charge in [-0.1, -0.05) is 29.3 Å². The summed E-state index contributed by atoms with van der Waals surface area (Å²) in [5.41, 5.74) is 0.787. The Hall–Kier alpha value is -0.480. The molecule has 6 heteroatoms. The zero-order valence-electron chi connectivity index (χ0n) is 9.33. The molecule has 0 aliphatic rings. The van der Waals surface area contributed by atoms with Crippen LogP contribution in [0, 0.1) is 0 Å². The highest BCUT2D eigenvalue weighted by molar-refractivity contribution is 6.35. The minimum Gasteiger partial charge on any atom is -0.465 e. The fraction of sp³-hybridized carbons (Fsp3) is 0.364. The summed E-state index contributed by atoms with van der Waals surface area (Å²) in [5.74, 6) is -0.286. The van der Waals surface area contributed by atoms with E-state index in [2.05, 4.69) is 5.32 Å². The summed E-state index contributed by atoms with van der Waals surface area (Å²) in [5, 5.41) is 4.10. The van der Waals surface area contributed by atoms with Crippen LogP contribution >= 0.6 is 35.6 Å². The van der Waals surface area contributed by atoms with E-state index < -0.39 is 0 Å². The topological polar surface area (TPSA) is 38.3 Å². The number of halogens is 3. The lowest BCUT2D eigenvalue weighted by atomic mass is 10.2. The Kier molecular flexibility index (Phi) is 8.35. The molecule has 0 amide bonds. The number of carbonyl (C=O) groups is 1. The number of ether oxygens (including phenoxy) is 1. The molecule has 0 radical (unpaired) electrons. The highest BCUT2D eigenvalue weighted by atomic mass is 35.5. The molecule has 1 rings (SSSR count). The van der Waals surface area contributed by atoms with Crippen LogP contribution in [-0.4, -0.2) is 19.1 Å². The maximum atomic E-state index is 11.1. The smallest absolute Gasteiger partial charge is 0.319 e. The Morgan fingerprint density at radius 1 is 1.35 bits per heavy atom. The van der Waals surface area contributed by atoms with E-state index in [9.17, 15) is 4.79 Å². The number of esters is 1. The Morgan fingerprint density at radius 3 is 2.47 bits per heavy atom. The fourth-order valence-electron chi connectivity index (χ4n) is 1.20. The molecule has 0 aliphatic carbocycles. The first kappa shape index (κ1) is 16.5. The van der Waals surface area contributed by atoms with E-state index in [1.165, 1.54) is 0 Å². The normalized spacial score (nSPS) is 9.59. The van der Waals surface area contributed by atoms with E-state index >= 15 is 0 Å². The van der Waals surface area contributed by atoms with Crippen molar-refractivity contribution in [3.8, 4) is 0 Å². The van der Waals surface area contributed by atoms with Gasteiger partial charge in [-0.05, 0) is 19.1 Å². The van der Waals surface area contributed by atoms with Crippen LogP contribution in [0.1, 0.15) is 12.5 Å². The summed E-state index contributed by atoms with van der Waals surface area (Å²) < 4.78 is 4.77. The Bertz CT molecular complexity index is 351. The monoisotopic (exact) mass is 297 g/mol. The Morgan fingerprint density at radius 2 is 1.94 bits per heavy atom. The number of carbonyl (C=O) groups excluding carboxylic acids is 1. The molecule has 1 aromatic carbocycles. The lowest BCUT2D eigenvalue weighted by Gasteiger charge is -2.08. The predicted octanol–water partition coefficient (Wildman–Crippen LogP) is 3.07. The molecule has 1 aromatic rings. The van der Waals surface area contributed by atoms with Gasteiger partial charge < -0.3 is 10.1 Å². The second-order valence-corrected chi connectivity index (χ2v) is 3.92. The molecule has 0 saturated carbocycles. The average Bonchev–Trinajstić information content (AvgIpc) is 2.23. The van der Waals surface area contributed by atoms with Gasteiger partial charge in [0.2, 0.25) is 0 Å². The molecule has 0 atom stereocenters. The van der Waals surface area contributed by atoms with Gasteiger partial charge in [0.15, 0.2) is 0 Å². The number of rotatable bonds is 5. The van der Waals surface area contributed by atoms with E-state index in [0.717, 1.165) is 5.56 Å². The maximum Gasteiger partial charge on any atom is 0.319 e. The molecule has 1 N–H and O–H groups in total. The van der Waals surface area contributed by atoms with Gasteiger partial charge in [-0.3, -0.25) is 4.79 Å². The van der Waals surface area contributed by atoms with Crippen molar-refractivity contribution in [1.29, 1.82) is 0 Å². The fourth-order valence-corrected chi connectivity index (χ4v) is 1.73. The van der Waals surface area contributed by atoms with Crippen molar-refractivity contribution >= 4 is 41.6 Å². The van der Waals surface area contributed by atoms with E-state index in [4.69, 9.17) is 27.9 Å². The Labute approximate surface area is 117 Å². The lowest BCUT2D eigenvalue weighted by Crippen LogP contribution is -2.24. The van der Waals surface area contributed by atoms with Gasteiger partial charge in [-0.2, -0.15) is 0 Å². The molecule has 0 bridgehead atoms. The largest absolute Gasteiger partial charge is 0.465 e. The summed E-state index contributed by atoms with van der Waals surface area (Å²) in [6, 6.07) is 5.29. The van der Waals surface area contributed by atoms with Gasteiger partial charge in [-0.15, -0.1) is 12.4 Å². The van der Waals surface area contributed by atoms with Crippen LogP contribution in [0.5, 0.6) is 0 Å². The van der Waals surface area contributed by atoms with Crippen molar-refractivity contribution in [2.24, 2.45) is 0 Å². The van der Waals surface area contributed by atoms with Gasteiger partial charge in [0, 0.05) is 22.2 Å². The van der Waals surface area contributed by atoms with E-state index in [-0.39, 0.29) is 24.9 Å². The highest BCUT2D eigenvalue weighted by Gasteiger charge is 2.06. The van der Waals surface area contributed by atoms with Crippen LogP contribution in [0.15, 0.2) is 18.2 Å². The van der Waals surface area contributed by atoms with Gasteiger partial charge in [0.1, 0.15) is 0 Å². The molecule has 0 spiro atoms. The molecule has 0 heterocycles. The first-order valence-electron chi connectivity index (χ1n) is 4.94. The molecule has 0 fully saturated rings. The number of hydrogen-bond donors (Lipinski definition) is 1. The van der Waals surface area contributed by atoms with Crippen LogP contribution < -0.4 is 5.32 Å². The maximum absolute atomic E-state index is 11.1. The lowest BCUT2D eigenvalue weighted by molar-refractivity contribution is -0.142. The summed E-state index contributed by atoms with van der Waals surface area (Å²) in [6.07, 6.45) is 0. The molecule has 0 unspecified atom stereocenters. The number of hydrogen-bond acceptors (Lipinski definition) is 3. The third-order valence-corrected chi connectivity index (χ3v) is 2.65. The minimum atomic E-state index is -0.286. The average molecular weight is 299 g/mol. The van der Waals surface area contributed by atoms with Gasteiger partial charge >= 0.3 is 5.97 Å². The molecule has 0 aromatic heterocycles. The van der Waals surface area contributed by atoms with Crippen LogP contribution in [0.4, 0.5) is 0 Å². The quantitative estimate of drug-likeness (QED) is 0.849. The van der Waals surface area contributed by atoms with Crippen LogP contribution in [0.25, 0.3) is 0 Å². The van der Waals surface area contributed by atoms with Crippen molar-refractivity contribution in [2.45, 2.75) is 13.5 Å². The van der Waals surface area contributed by atoms with Gasteiger partial charge in [0.25, 0.3) is 0 Å². The summed E-state index contributed by atoms with van der Waals surface area (Å²) >= 11 is 11.9. The van der Waals surface area contributed by atoms with E-state index in [1.54, 1.807) is 25.1 Å². The van der Waals surface area contributed by atoms with Crippen LogP contribution in [0.3, 0.4) is 0 Å². The predicted molar refractivity (Wildman–Crippen MR) is 72.0 cm³/mol. The zero-order chi connectivity index (χ0) is 12.0. The van der Waals surface area contributed by atoms with E-state index in [0.29, 0.717) is 23.2 Å². The first-order valence-corrected chi connectivity index (χ1v) is 5.70. The molecule has 17 heavy (non-hydrogen) atoms. The Balaban J connectivity index is 0.00000256. The SMILES string of the molecule is CCOC(=O)CNCc1c(Cl)cccc1Cl.Cl. The van der Waals surface area contributed by atoms with Crippen LogP contribution in [-0.2, 0) is 16.1 Å². The molecule has 0 aliphatic heterocycles. The molecule has 0 saturated heterocycles. The van der Waals surface area contributed by atoms with Crippen molar-refractivity contribution in [1.82, 2.24) is 5.32 Å². The van der Waals surface area contributed by atoms with Crippen molar-refractivity contribution in [3.05, 3.63) is 33.8 Å². The molecular weight excluding hydrogens is 284 g/mol. The van der Waals surface area contributed by atoms with Crippen molar-refractivity contribution in [3.63, 3.8) is 0 Å². The van der Waals surface area contributed by atoms with Crippen molar-refractivity contribution in [2.75, 3.05) is 13.2 Å². The summed E-state index contributed by atoms with van der Waals surface area (Å²) in [4.78, 5) is 11.1. The van der Waals surface area contributed by atoms with Gasteiger partial charge in [0.05, 0.1) is 13.2 Å². The van der Waals surface area contributed by atoms with E-state index in [1.807, 2.05) is 0 Å². The number of nitrogens with one attached hydrogen (secondary N) is 1. The molecule has 3 nitrogen and oxygen atoms in total. The van der Waals surface area contributed by atoms with Crippen molar-refractivity contribution < 1.29 is 9.53 Å². The zero-order valence-corrected chi connectivity index (χ0v) is 11.7. The minimum absolute atomic E-state index is 0. The molecular formula is C11H14Cl3NO2. The second kappa shape index (κ2) is 8.59. The number of benzene rings is 1. The molecule has 96 valence electrons. The first-order chi connectivity index (χ1) is 7.65. The van der Waals surface area contributed by atoms with Crippen LogP contribution in [0.2, 0.25) is 10.0 Å². The standard InChI is InChI=1S/C11H13Cl2NO2.ClH/c1-2-16-11(15)7-14-6-8-9(12)4-3-5-10(8)13;/h3-5,14H,2,6-7H2,1H3;1H.